The van der Waals surface area contributed by atoms with Crippen molar-refractivity contribution >= 4 is 39.4 Å². The Morgan fingerprint density at radius 3 is 2.58 bits per heavy atom. The Labute approximate surface area is 145 Å². The maximum Gasteiger partial charge on any atom is 0.269 e. The van der Waals surface area contributed by atoms with Crippen LogP contribution in [0, 0.1) is 17.0 Å². The molecular weight excluding hydrogens is 348 g/mol. The fourth-order valence-corrected chi connectivity index (χ4v) is 3.38. The summed E-state index contributed by atoms with van der Waals surface area (Å²) in [5, 5.41) is 18.5. The fourth-order valence-electron chi connectivity index (χ4n) is 2.04. The van der Waals surface area contributed by atoms with Gasteiger partial charge in [-0.25, -0.2) is 9.97 Å². The van der Waals surface area contributed by atoms with Crippen LogP contribution in [-0.4, -0.2) is 20.8 Å². The Morgan fingerprint density at radius 2 is 1.96 bits per heavy atom. The molecule has 1 aromatic carbocycles. The highest BCUT2D eigenvalue weighted by Crippen LogP contribution is 2.26. The normalized spacial score (nSPS) is 10.5. The van der Waals surface area contributed by atoms with Crippen molar-refractivity contribution in [3.8, 4) is 11.3 Å². The van der Waals surface area contributed by atoms with Crippen molar-refractivity contribution in [2.45, 2.75) is 13.3 Å². The Morgan fingerprint density at radius 1 is 1.21 bits per heavy atom. The minimum absolute atomic E-state index is 0.0288. The second-order valence-electron chi connectivity index (χ2n) is 4.92. The molecule has 0 unspecified atom stereocenters. The van der Waals surface area contributed by atoms with Crippen molar-refractivity contribution in [3.63, 3.8) is 0 Å². The number of rotatable bonds is 5. The zero-order chi connectivity index (χ0) is 17.1. The highest BCUT2D eigenvalue weighted by Gasteiger charge is 2.11. The van der Waals surface area contributed by atoms with Crippen LogP contribution >= 0.6 is 22.7 Å². The highest BCUT2D eigenvalue weighted by molar-refractivity contribution is 7.14. The van der Waals surface area contributed by atoms with E-state index in [1.807, 2.05) is 12.3 Å². The summed E-state index contributed by atoms with van der Waals surface area (Å²) < 4.78 is 0. The summed E-state index contributed by atoms with van der Waals surface area (Å²) in [6.07, 6.45) is 0.205. The lowest BCUT2D eigenvalue weighted by atomic mass is 10.1. The van der Waals surface area contributed by atoms with Crippen molar-refractivity contribution in [3.05, 3.63) is 55.8 Å². The number of nitrogens with one attached hydrogen (secondary N) is 1. The number of anilines is 1. The van der Waals surface area contributed by atoms with Crippen LogP contribution in [0.5, 0.6) is 0 Å². The number of nitro benzene ring substituents is 1. The Bertz CT molecular complexity index is 886. The number of thiazole rings is 2. The molecule has 0 saturated heterocycles. The third-order valence-corrected chi connectivity index (χ3v) is 4.71. The van der Waals surface area contributed by atoms with Crippen molar-refractivity contribution in [2.24, 2.45) is 0 Å². The lowest BCUT2D eigenvalue weighted by Gasteiger charge is -1.99. The molecule has 0 aliphatic heterocycles. The lowest BCUT2D eigenvalue weighted by molar-refractivity contribution is -0.384. The van der Waals surface area contributed by atoms with E-state index >= 15 is 0 Å². The molecule has 2 heterocycles. The molecule has 0 aliphatic carbocycles. The van der Waals surface area contributed by atoms with Crippen LogP contribution in [-0.2, 0) is 11.2 Å². The molecule has 7 nitrogen and oxygen atoms in total. The van der Waals surface area contributed by atoms with Gasteiger partial charge < -0.3 is 5.32 Å². The van der Waals surface area contributed by atoms with Crippen LogP contribution in [0.3, 0.4) is 0 Å². The van der Waals surface area contributed by atoms with Gasteiger partial charge in [0.25, 0.3) is 5.69 Å². The van der Waals surface area contributed by atoms with Gasteiger partial charge in [-0.05, 0) is 19.1 Å². The summed E-state index contributed by atoms with van der Waals surface area (Å²) in [5.74, 6) is -0.176. The standard InChI is InChI=1S/C15H12N4O3S2/c1-9-16-11(7-23-9)6-14(20)18-15-17-13(8-24-15)10-2-4-12(5-3-10)19(21)22/h2-5,7-8H,6H2,1H3,(H,17,18,20). The molecule has 0 bridgehead atoms. The number of nitro groups is 1. The molecule has 0 atom stereocenters. The van der Waals surface area contributed by atoms with Gasteiger partial charge in [-0.15, -0.1) is 22.7 Å². The molecule has 24 heavy (non-hydrogen) atoms. The van der Waals surface area contributed by atoms with E-state index in [1.54, 1.807) is 17.5 Å². The molecule has 122 valence electrons. The molecule has 0 aliphatic rings. The zero-order valence-corrected chi connectivity index (χ0v) is 14.2. The fraction of sp³-hybridized carbons (Fsp3) is 0.133. The predicted octanol–water partition coefficient (Wildman–Crippen LogP) is 3.66. The molecule has 3 aromatic rings. The third-order valence-electron chi connectivity index (χ3n) is 3.13. The number of carbonyl (C=O) groups excluding carboxylic acids is 1. The van der Waals surface area contributed by atoms with E-state index < -0.39 is 4.92 Å². The number of hydrogen-bond donors (Lipinski definition) is 1. The minimum atomic E-state index is -0.448. The average molecular weight is 360 g/mol. The number of nitrogens with zero attached hydrogens (tertiary/aromatic N) is 3. The van der Waals surface area contributed by atoms with Gasteiger partial charge in [-0.3, -0.25) is 14.9 Å². The van der Waals surface area contributed by atoms with Crippen molar-refractivity contribution in [1.82, 2.24) is 9.97 Å². The number of hydrogen-bond acceptors (Lipinski definition) is 7. The number of carbonyl (C=O) groups is 1. The molecule has 1 amide bonds. The highest BCUT2D eigenvalue weighted by atomic mass is 32.1. The van der Waals surface area contributed by atoms with E-state index in [1.165, 1.54) is 34.8 Å². The van der Waals surface area contributed by atoms with E-state index in [2.05, 4.69) is 15.3 Å². The topological polar surface area (TPSA) is 98.0 Å². The van der Waals surface area contributed by atoms with E-state index in [0.29, 0.717) is 10.8 Å². The van der Waals surface area contributed by atoms with Crippen LogP contribution in [0.2, 0.25) is 0 Å². The quantitative estimate of drug-likeness (QED) is 0.553. The van der Waals surface area contributed by atoms with Gasteiger partial charge in [0.2, 0.25) is 5.91 Å². The molecule has 0 fully saturated rings. The van der Waals surface area contributed by atoms with Gasteiger partial charge >= 0.3 is 0 Å². The second kappa shape index (κ2) is 6.85. The number of non-ortho nitro benzene ring substituents is 1. The minimum Gasteiger partial charge on any atom is -0.302 e. The SMILES string of the molecule is Cc1nc(CC(=O)Nc2nc(-c3ccc([N+](=O)[O-])cc3)cs2)cs1. The monoisotopic (exact) mass is 360 g/mol. The summed E-state index contributed by atoms with van der Waals surface area (Å²) in [6.45, 7) is 1.89. The number of aryl methyl sites for hydroxylation is 1. The molecule has 0 spiro atoms. The van der Waals surface area contributed by atoms with Crippen LogP contribution in [0.15, 0.2) is 35.0 Å². The van der Waals surface area contributed by atoms with Crippen LogP contribution in [0.25, 0.3) is 11.3 Å². The Balaban J connectivity index is 1.66. The summed E-state index contributed by atoms with van der Waals surface area (Å²) in [7, 11) is 0. The number of aromatic nitrogens is 2. The van der Waals surface area contributed by atoms with Crippen LogP contribution in [0.4, 0.5) is 10.8 Å². The first-order chi connectivity index (χ1) is 11.5. The van der Waals surface area contributed by atoms with Crippen LogP contribution in [0.1, 0.15) is 10.7 Å². The first-order valence-corrected chi connectivity index (χ1v) is 8.68. The first kappa shape index (κ1) is 16.2. The largest absolute Gasteiger partial charge is 0.302 e. The van der Waals surface area contributed by atoms with Crippen LogP contribution < -0.4 is 5.32 Å². The molecule has 9 heteroatoms. The number of amides is 1. The van der Waals surface area contributed by atoms with E-state index in [9.17, 15) is 14.9 Å². The van der Waals surface area contributed by atoms with Gasteiger partial charge in [-0.1, -0.05) is 0 Å². The number of benzene rings is 1. The van der Waals surface area contributed by atoms with Gasteiger partial charge in [0, 0.05) is 28.5 Å². The van der Waals surface area contributed by atoms with E-state index in [-0.39, 0.29) is 18.0 Å². The molecule has 0 saturated carbocycles. The lowest BCUT2D eigenvalue weighted by Crippen LogP contribution is -2.14. The van der Waals surface area contributed by atoms with Gasteiger partial charge in [0.1, 0.15) is 0 Å². The van der Waals surface area contributed by atoms with Crippen molar-refractivity contribution in [1.29, 1.82) is 0 Å². The average Bonchev–Trinajstić information content (AvgIpc) is 3.16. The first-order valence-electron chi connectivity index (χ1n) is 6.92. The summed E-state index contributed by atoms with van der Waals surface area (Å²) in [4.78, 5) is 30.8. The zero-order valence-electron chi connectivity index (χ0n) is 12.6. The van der Waals surface area contributed by atoms with E-state index in [4.69, 9.17) is 0 Å². The molecule has 1 N–H and O–H groups in total. The van der Waals surface area contributed by atoms with E-state index in [0.717, 1.165) is 16.3 Å². The summed E-state index contributed by atoms with van der Waals surface area (Å²) in [6, 6.07) is 6.13. The third kappa shape index (κ3) is 3.81. The maximum absolute atomic E-state index is 12.0. The van der Waals surface area contributed by atoms with Gasteiger partial charge in [0.05, 0.1) is 27.7 Å². The smallest absolute Gasteiger partial charge is 0.269 e. The maximum atomic E-state index is 12.0. The second-order valence-corrected chi connectivity index (χ2v) is 6.85. The molecule has 2 aromatic heterocycles. The molecule has 3 rings (SSSR count). The molecule has 0 radical (unpaired) electrons. The Kier molecular flexibility index (Phi) is 4.63. The summed E-state index contributed by atoms with van der Waals surface area (Å²) in [5.41, 5.74) is 2.19. The van der Waals surface area contributed by atoms with Crippen molar-refractivity contribution < 1.29 is 9.72 Å². The molecular formula is C15H12N4O3S2. The Hall–Kier alpha value is -2.65. The summed E-state index contributed by atoms with van der Waals surface area (Å²) >= 11 is 2.81. The predicted molar refractivity (Wildman–Crippen MR) is 93.4 cm³/mol. The van der Waals surface area contributed by atoms with Gasteiger partial charge in [0.15, 0.2) is 5.13 Å². The van der Waals surface area contributed by atoms with Crippen molar-refractivity contribution in [2.75, 3.05) is 5.32 Å². The van der Waals surface area contributed by atoms with Gasteiger partial charge in [-0.2, -0.15) is 0 Å².